The summed E-state index contributed by atoms with van der Waals surface area (Å²) in [5.74, 6) is -1.06. The summed E-state index contributed by atoms with van der Waals surface area (Å²) in [7, 11) is -16.4. The highest BCUT2D eigenvalue weighted by atomic mass is 32.2. The van der Waals surface area contributed by atoms with Gasteiger partial charge in [-0.05, 0) is 25.7 Å². The molecular weight excluding hydrogens is 891 g/mol. The number of thioether (sulfide) groups is 1. The summed E-state index contributed by atoms with van der Waals surface area (Å²) < 4.78 is 62.3. The number of amides is 2. The van der Waals surface area contributed by atoms with Crippen LogP contribution in [0, 0.1) is 5.41 Å². The molecule has 10 N–H and O–H groups in total. The number of hydrogen-bond acceptors (Lipinski definition) is 18. The molecule has 0 radical (unpaired) electrons. The van der Waals surface area contributed by atoms with Gasteiger partial charge in [0.15, 0.2) is 22.8 Å². The maximum atomic E-state index is 12.7. The number of nitrogens with zero attached hydrogens (tertiary/aromatic N) is 4. The number of aliphatic hydroxyl groups is 2. The molecule has 28 heteroatoms. The molecule has 2 aromatic rings. The van der Waals surface area contributed by atoms with Crippen molar-refractivity contribution in [1.29, 1.82) is 0 Å². The zero-order chi connectivity index (χ0) is 45.4. The molecule has 0 saturated carbocycles. The number of imidazole rings is 1. The lowest BCUT2D eigenvalue weighted by Gasteiger charge is -2.30. The van der Waals surface area contributed by atoms with E-state index in [4.69, 9.17) is 19.5 Å². The minimum absolute atomic E-state index is 0.0312. The highest BCUT2D eigenvalue weighted by Crippen LogP contribution is 2.61. The Bertz CT molecular complexity index is 1980. The van der Waals surface area contributed by atoms with Crippen LogP contribution in [0.3, 0.4) is 0 Å². The van der Waals surface area contributed by atoms with Crippen molar-refractivity contribution in [1.82, 2.24) is 30.2 Å². The van der Waals surface area contributed by atoms with Crippen molar-refractivity contribution in [2.24, 2.45) is 5.41 Å². The molecule has 3 heterocycles. The number of unbranched alkanes of at least 4 members (excludes halogenated alkanes) is 3. The summed E-state index contributed by atoms with van der Waals surface area (Å²) >= 11 is 1.12. The van der Waals surface area contributed by atoms with Gasteiger partial charge in [0, 0.05) is 37.1 Å². The number of nitrogens with one attached hydrogen (secondary N) is 2. The molecule has 2 aromatic heterocycles. The SMILES string of the molecule is CC/C=C/C=C/CCCCCC(=O)SCCNC(=O)CCNC(=O)C(O)C(C)(C)COP(=O)(O)OP(=O)(O)OCC1OC(n2cnc3c(N)ncnc32)C(O)C1OP(=O)(O)O. The monoisotopic (exact) mass is 945 g/mol. The van der Waals surface area contributed by atoms with Crippen LogP contribution in [0.25, 0.3) is 11.2 Å². The molecule has 2 amide bonds. The predicted octanol–water partition coefficient (Wildman–Crippen LogP) is 2.14. The van der Waals surface area contributed by atoms with Crippen LogP contribution in [0.5, 0.6) is 0 Å². The zero-order valence-corrected chi connectivity index (χ0v) is 37.1. The van der Waals surface area contributed by atoms with Crippen LogP contribution in [-0.2, 0) is 50.7 Å². The van der Waals surface area contributed by atoms with E-state index in [9.17, 15) is 57.9 Å². The van der Waals surface area contributed by atoms with Crippen molar-refractivity contribution in [3.8, 4) is 0 Å². The predicted molar refractivity (Wildman–Crippen MR) is 219 cm³/mol. The van der Waals surface area contributed by atoms with Crippen molar-refractivity contribution in [2.75, 3.05) is 37.8 Å². The average Bonchev–Trinajstić information content (AvgIpc) is 3.73. The Kier molecular flexibility index (Phi) is 20.8. The number of phosphoric acid groups is 3. The third kappa shape index (κ3) is 18.0. The van der Waals surface area contributed by atoms with E-state index in [-0.39, 0.29) is 41.6 Å². The van der Waals surface area contributed by atoms with Crippen LogP contribution in [-0.4, -0.2) is 123 Å². The summed E-state index contributed by atoms with van der Waals surface area (Å²) in [6, 6.07) is 0. The first-order valence-electron chi connectivity index (χ1n) is 18.9. The molecule has 1 aliphatic rings. The van der Waals surface area contributed by atoms with Crippen LogP contribution in [0.1, 0.15) is 71.9 Å². The van der Waals surface area contributed by atoms with Gasteiger partial charge < -0.3 is 50.9 Å². The fraction of sp³-hybridized carbons (Fsp3) is 0.636. The third-order valence-corrected chi connectivity index (χ3v) is 12.7. The van der Waals surface area contributed by atoms with Gasteiger partial charge in [0.25, 0.3) is 0 Å². The van der Waals surface area contributed by atoms with Crippen LogP contribution < -0.4 is 16.4 Å². The Morgan fingerprint density at radius 1 is 1.00 bits per heavy atom. The number of rotatable bonds is 27. The first-order chi connectivity index (χ1) is 28.6. The fourth-order valence-electron chi connectivity index (χ4n) is 5.46. The summed E-state index contributed by atoms with van der Waals surface area (Å²) in [5.41, 5.74) is 4.27. The lowest BCUT2D eigenvalue weighted by molar-refractivity contribution is -0.137. The maximum absolute atomic E-state index is 12.7. The van der Waals surface area contributed by atoms with E-state index in [1.165, 1.54) is 13.8 Å². The molecule has 0 aliphatic carbocycles. The second kappa shape index (κ2) is 24.2. The zero-order valence-electron chi connectivity index (χ0n) is 33.6. The highest BCUT2D eigenvalue weighted by Gasteiger charge is 2.50. The molecule has 0 spiro atoms. The number of fused-ring (bicyclic) bond motifs is 1. The van der Waals surface area contributed by atoms with E-state index in [0.29, 0.717) is 12.2 Å². The van der Waals surface area contributed by atoms with Crippen molar-refractivity contribution in [3.63, 3.8) is 0 Å². The number of ether oxygens (including phenoxy) is 1. The standard InChI is InChI=1S/C33H54N7O17P3S/c1-4-5-6-7-8-9-10-11-12-13-24(42)61-17-16-35-23(41)14-15-36-31(45)28(44)33(2,3)19-54-60(51,52)57-59(49,50)53-18-22-27(56-58(46,47)48)26(43)32(55-22)40-21-39-25-29(34)37-20-38-30(25)40/h5-8,20-22,26-28,32,43-44H,4,9-19H2,1-3H3,(H,35,41)(H,36,45)(H,49,50)(H,51,52)(H2,34,37,38)(H2,46,47,48)/b6-5+,8-7+. The van der Waals surface area contributed by atoms with Crippen molar-refractivity contribution in [2.45, 2.75) is 96.4 Å². The number of hydrogen-bond donors (Lipinski definition) is 9. The van der Waals surface area contributed by atoms with Crippen LogP contribution in [0.2, 0.25) is 0 Å². The van der Waals surface area contributed by atoms with E-state index in [1.807, 2.05) is 12.2 Å². The van der Waals surface area contributed by atoms with Crippen molar-refractivity contribution in [3.05, 3.63) is 37.0 Å². The molecule has 1 saturated heterocycles. The molecule has 7 unspecified atom stereocenters. The van der Waals surface area contributed by atoms with Gasteiger partial charge >= 0.3 is 23.5 Å². The summed E-state index contributed by atoms with van der Waals surface area (Å²) in [6.07, 6.45) is 6.40. The fourth-order valence-corrected chi connectivity index (χ4v) is 9.01. The van der Waals surface area contributed by atoms with Gasteiger partial charge in [0.05, 0.1) is 19.5 Å². The van der Waals surface area contributed by atoms with Crippen LogP contribution in [0.15, 0.2) is 37.0 Å². The Morgan fingerprint density at radius 3 is 2.41 bits per heavy atom. The minimum Gasteiger partial charge on any atom is -0.386 e. The molecule has 344 valence electrons. The molecular formula is C33H54N7O17P3S. The number of anilines is 1. The van der Waals surface area contributed by atoms with Gasteiger partial charge in [-0.2, -0.15) is 4.31 Å². The Morgan fingerprint density at radius 2 is 1.70 bits per heavy atom. The average molecular weight is 946 g/mol. The highest BCUT2D eigenvalue weighted by molar-refractivity contribution is 8.13. The molecule has 24 nitrogen and oxygen atoms in total. The lowest BCUT2D eigenvalue weighted by atomic mass is 9.87. The maximum Gasteiger partial charge on any atom is 0.481 e. The van der Waals surface area contributed by atoms with Crippen molar-refractivity contribution >= 4 is 69.1 Å². The number of carbonyl (C=O) groups excluding carboxylic acids is 3. The summed E-state index contributed by atoms with van der Waals surface area (Å²) in [5, 5.41) is 26.5. The van der Waals surface area contributed by atoms with Gasteiger partial charge in [-0.15, -0.1) is 0 Å². The van der Waals surface area contributed by atoms with Crippen LogP contribution in [0.4, 0.5) is 5.82 Å². The molecule has 3 rings (SSSR count). The first kappa shape index (κ1) is 52.4. The van der Waals surface area contributed by atoms with Gasteiger partial charge in [-0.25, -0.2) is 28.6 Å². The van der Waals surface area contributed by atoms with Gasteiger partial charge in [0.1, 0.15) is 36.3 Å². The van der Waals surface area contributed by atoms with E-state index >= 15 is 0 Å². The second-order valence-corrected chi connectivity index (χ2v) is 19.5. The van der Waals surface area contributed by atoms with E-state index in [1.54, 1.807) is 0 Å². The van der Waals surface area contributed by atoms with Crippen LogP contribution >= 0.6 is 35.2 Å². The van der Waals surface area contributed by atoms with E-state index < -0.39 is 84.6 Å². The topological polar surface area (TPSA) is 364 Å². The van der Waals surface area contributed by atoms with E-state index in [2.05, 4.69) is 53.5 Å². The Hall–Kier alpha value is -2.96. The van der Waals surface area contributed by atoms with Gasteiger partial charge in [-0.3, -0.25) is 32.5 Å². The van der Waals surface area contributed by atoms with Crippen molar-refractivity contribution < 1.29 is 80.5 Å². The van der Waals surface area contributed by atoms with E-state index in [0.717, 1.165) is 61.1 Å². The third-order valence-electron chi connectivity index (χ3n) is 8.64. The molecule has 1 aliphatic heterocycles. The smallest absolute Gasteiger partial charge is 0.386 e. The number of nitrogens with two attached hydrogens (primary N) is 1. The quantitative estimate of drug-likeness (QED) is 0.0352. The number of phosphoric ester groups is 3. The summed E-state index contributed by atoms with van der Waals surface area (Å²) in [4.78, 5) is 88.0. The molecule has 61 heavy (non-hydrogen) atoms. The number of carbonyl (C=O) groups is 3. The largest absolute Gasteiger partial charge is 0.481 e. The lowest BCUT2D eigenvalue weighted by Crippen LogP contribution is -2.46. The number of aliphatic hydroxyl groups excluding tert-OH is 2. The Balaban J connectivity index is 1.39. The number of nitrogen functional groups attached to an aromatic ring is 1. The normalized spacial score (nSPS) is 21.1. The second-order valence-electron chi connectivity index (χ2n) is 14.2. The minimum atomic E-state index is -5.57. The number of allylic oxidation sites excluding steroid dienone is 4. The first-order valence-corrected chi connectivity index (χ1v) is 24.4. The molecule has 1 fully saturated rings. The summed E-state index contributed by atoms with van der Waals surface area (Å²) in [6.45, 7) is 2.60. The Labute approximate surface area is 355 Å². The van der Waals surface area contributed by atoms with Gasteiger partial charge in [-0.1, -0.05) is 63.3 Å². The van der Waals surface area contributed by atoms with Gasteiger partial charge in [0.2, 0.25) is 11.8 Å². The molecule has 0 bridgehead atoms. The molecule has 0 aromatic carbocycles. The molecule has 7 atom stereocenters. The number of aromatic nitrogens is 4.